The summed E-state index contributed by atoms with van der Waals surface area (Å²) in [5.41, 5.74) is 0. The van der Waals surface area contributed by atoms with Crippen molar-refractivity contribution in [3.63, 3.8) is 0 Å². The van der Waals surface area contributed by atoms with Crippen LogP contribution in [-0.4, -0.2) is 33.8 Å². The minimum absolute atomic E-state index is 0.0845. The molecule has 24 heavy (non-hydrogen) atoms. The van der Waals surface area contributed by atoms with Crippen LogP contribution in [0.1, 0.15) is 13.8 Å². The summed E-state index contributed by atoms with van der Waals surface area (Å²) in [7, 11) is 0. The highest BCUT2D eigenvalue weighted by Gasteiger charge is 2.27. The van der Waals surface area contributed by atoms with Gasteiger partial charge in [0.25, 0.3) is 0 Å². The zero-order valence-electron chi connectivity index (χ0n) is 12.6. The topological polar surface area (TPSA) is 38.1 Å². The lowest BCUT2D eigenvalue weighted by molar-refractivity contribution is 0.201. The van der Waals surface area contributed by atoms with Gasteiger partial charge in [0.1, 0.15) is 5.03 Å². The van der Waals surface area contributed by atoms with Crippen LogP contribution in [0.2, 0.25) is 0 Å². The van der Waals surface area contributed by atoms with Crippen molar-refractivity contribution >= 4 is 17.8 Å². The summed E-state index contributed by atoms with van der Waals surface area (Å²) in [6, 6.07) is 0.772. The normalized spacial score (nSPS) is 11.0. The number of hydrogen-bond donors (Lipinski definition) is 0. The molecule has 0 saturated heterocycles. The first kappa shape index (κ1) is 18.2. The summed E-state index contributed by atoms with van der Waals surface area (Å²) in [4.78, 5) is 12.4. The Morgan fingerprint density at radius 3 is 2.04 bits per heavy atom. The number of rotatable bonds is 4. The van der Waals surface area contributed by atoms with E-state index in [-0.39, 0.29) is 16.8 Å². The van der Waals surface area contributed by atoms with Crippen LogP contribution in [0.5, 0.6) is 0 Å². The van der Waals surface area contributed by atoms with Crippen molar-refractivity contribution in [2.24, 2.45) is 0 Å². The van der Waals surface area contributed by atoms with Gasteiger partial charge in [-0.05, 0) is 19.9 Å². The number of nitrogens with zero attached hydrogens (tertiary/aromatic N) is 3. The number of hydrogen-bond acceptors (Lipinski definition) is 3. The fourth-order valence-corrected chi connectivity index (χ4v) is 2.71. The monoisotopic (exact) mass is 365 g/mol. The van der Waals surface area contributed by atoms with Gasteiger partial charge in [-0.1, -0.05) is 11.8 Å². The van der Waals surface area contributed by atoms with Gasteiger partial charge in [0, 0.05) is 19.3 Å². The Balaban J connectivity index is 2.33. The van der Waals surface area contributed by atoms with Gasteiger partial charge in [-0.3, -0.25) is 0 Å². The molecule has 1 amide bonds. The van der Waals surface area contributed by atoms with Gasteiger partial charge < -0.3 is 4.90 Å². The summed E-state index contributed by atoms with van der Waals surface area (Å²) < 4.78 is 67.6. The molecule has 1 heterocycles. The van der Waals surface area contributed by atoms with Gasteiger partial charge >= 0.3 is 6.03 Å². The standard InChI is InChI=1S/C14H12F5N3OS/c1-3-21(4-2)14(23)22-6-5-7(20-22)24-13-11(18)9(16)8(15)10(17)12(13)19/h5-6H,3-4H2,1-2H3. The van der Waals surface area contributed by atoms with Crippen molar-refractivity contribution in [1.29, 1.82) is 0 Å². The molecule has 130 valence electrons. The molecule has 0 radical (unpaired) electrons. The lowest BCUT2D eigenvalue weighted by Gasteiger charge is -2.17. The predicted octanol–water partition coefficient (Wildman–Crippen LogP) is 4.04. The average Bonchev–Trinajstić information content (AvgIpc) is 3.05. The Morgan fingerprint density at radius 2 is 1.54 bits per heavy atom. The lowest BCUT2D eigenvalue weighted by Crippen LogP contribution is -2.34. The second-order valence-corrected chi connectivity index (χ2v) is 5.59. The molecule has 1 aromatic heterocycles. The molecule has 4 nitrogen and oxygen atoms in total. The first-order valence-corrected chi connectivity index (χ1v) is 7.67. The highest BCUT2D eigenvalue weighted by molar-refractivity contribution is 7.99. The SMILES string of the molecule is CCN(CC)C(=O)n1ccc(Sc2c(F)c(F)c(F)c(F)c2F)n1. The Bertz CT molecular complexity index is 747. The summed E-state index contributed by atoms with van der Waals surface area (Å²) in [5.74, 6) is -10.2. The largest absolute Gasteiger partial charge is 0.344 e. The minimum Gasteiger partial charge on any atom is -0.323 e. The molecule has 2 aromatic rings. The first-order valence-electron chi connectivity index (χ1n) is 6.85. The number of carbonyl (C=O) groups is 1. The van der Waals surface area contributed by atoms with E-state index < -0.39 is 40.0 Å². The number of aromatic nitrogens is 2. The summed E-state index contributed by atoms with van der Waals surface area (Å²) in [6.07, 6.45) is 1.25. The van der Waals surface area contributed by atoms with Crippen LogP contribution >= 0.6 is 11.8 Å². The molecule has 0 aliphatic heterocycles. The van der Waals surface area contributed by atoms with E-state index in [9.17, 15) is 26.7 Å². The lowest BCUT2D eigenvalue weighted by atomic mass is 10.3. The van der Waals surface area contributed by atoms with Crippen LogP contribution in [0.3, 0.4) is 0 Å². The molecule has 0 spiro atoms. The third-order valence-corrected chi connectivity index (χ3v) is 4.16. The molecule has 0 aliphatic carbocycles. The average molecular weight is 365 g/mol. The van der Waals surface area contributed by atoms with Crippen molar-refractivity contribution in [2.45, 2.75) is 23.8 Å². The van der Waals surface area contributed by atoms with Gasteiger partial charge in [0.2, 0.25) is 5.82 Å². The van der Waals surface area contributed by atoms with E-state index in [0.29, 0.717) is 13.1 Å². The summed E-state index contributed by atoms with van der Waals surface area (Å²) >= 11 is 0.244. The van der Waals surface area contributed by atoms with Crippen LogP contribution in [0.4, 0.5) is 26.7 Å². The van der Waals surface area contributed by atoms with Crippen LogP contribution < -0.4 is 0 Å². The number of benzene rings is 1. The van der Waals surface area contributed by atoms with Crippen molar-refractivity contribution in [3.8, 4) is 0 Å². The van der Waals surface area contributed by atoms with E-state index >= 15 is 0 Å². The number of amides is 1. The van der Waals surface area contributed by atoms with Crippen molar-refractivity contribution in [1.82, 2.24) is 14.7 Å². The smallest absolute Gasteiger partial charge is 0.323 e. The van der Waals surface area contributed by atoms with Crippen LogP contribution in [0, 0.1) is 29.1 Å². The molecule has 0 saturated carbocycles. The summed E-state index contributed by atoms with van der Waals surface area (Å²) in [5, 5.41) is 3.72. The summed E-state index contributed by atoms with van der Waals surface area (Å²) in [6.45, 7) is 4.37. The Hall–Kier alpha value is -2.10. The number of carbonyl (C=O) groups excluding carboxylic acids is 1. The second kappa shape index (κ2) is 7.20. The Kier molecular flexibility index (Phi) is 5.47. The molecule has 0 N–H and O–H groups in total. The highest BCUT2D eigenvalue weighted by atomic mass is 32.2. The quantitative estimate of drug-likeness (QED) is 0.466. The molecular weight excluding hydrogens is 353 g/mol. The van der Waals surface area contributed by atoms with Crippen molar-refractivity contribution < 1.29 is 26.7 Å². The molecule has 1 aromatic carbocycles. The van der Waals surface area contributed by atoms with E-state index in [1.54, 1.807) is 13.8 Å². The molecule has 0 fully saturated rings. The zero-order chi connectivity index (χ0) is 18.0. The molecule has 2 rings (SSSR count). The van der Waals surface area contributed by atoms with Gasteiger partial charge in [-0.15, -0.1) is 0 Å². The van der Waals surface area contributed by atoms with Gasteiger partial charge in [-0.2, -0.15) is 9.78 Å². The third kappa shape index (κ3) is 3.23. The molecule has 0 aliphatic rings. The van der Waals surface area contributed by atoms with E-state index in [0.717, 1.165) is 4.68 Å². The third-order valence-electron chi connectivity index (χ3n) is 3.17. The zero-order valence-corrected chi connectivity index (χ0v) is 13.4. The van der Waals surface area contributed by atoms with Gasteiger partial charge in [0.15, 0.2) is 23.3 Å². The minimum atomic E-state index is -2.23. The maximum absolute atomic E-state index is 13.6. The maximum Gasteiger partial charge on any atom is 0.344 e. The molecule has 10 heteroatoms. The maximum atomic E-state index is 13.6. The van der Waals surface area contributed by atoms with Crippen molar-refractivity contribution in [2.75, 3.05) is 13.1 Å². The molecular formula is C14H12F5N3OS. The Morgan fingerprint density at radius 1 is 1.04 bits per heavy atom. The van der Waals surface area contributed by atoms with Crippen LogP contribution in [-0.2, 0) is 0 Å². The van der Waals surface area contributed by atoms with Crippen molar-refractivity contribution in [3.05, 3.63) is 41.3 Å². The van der Waals surface area contributed by atoms with Gasteiger partial charge in [-0.25, -0.2) is 26.7 Å². The van der Waals surface area contributed by atoms with Crippen LogP contribution in [0.25, 0.3) is 0 Å². The predicted molar refractivity (Wildman–Crippen MR) is 76.3 cm³/mol. The Labute approximate surface area is 138 Å². The highest BCUT2D eigenvalue weighted by Crippen LogP contribution is 2.34. The second-order valence-electron chi connectivity index (χ2n) is 4.55. The number of halogens is 5. The van der Waals surface area contributed by atoms with Crippen LogP contribution in [0.15, 0.2) is 22.2 Å². The first-order chi connectivity index (χ1) is 11.3. The molecule has 0 bridgehead atoms. The molecule has 0 atom stereocenters. The fraction of sp³-hybridized carbons (Fsp3) is 0.286. The fourth-order valence-electron chi connectivity index (χ4n) is 1.89. The van der Waals surface area contributed by atoms with E-state index in [2.05, 4.69) is 5.10 Å². The van der Waals surface area contributed by atoms with E-state index in [1.807, 2.05) is 0 Å². The van der Waals surface area contributed by atoms with E-state index in [1.165, 1.54) is 17.2 Å². The molecule has 0 unspecified atom stereocenters. The van der Waals surface area contributed by atoms with Gasteiger partial charge in [0.05, 0.1) is 4.90 Å². The van der Waals surface area contributed by atoms with E-state index in [4.69, 9.17) is 0 Å².